The van der Waals surface area contributed by atoms with E-state index in [1.54, 1.807) is 0 Å². The average molecular weight is 503 g/mol. The van der Waals surface area contributed by atoms with Crippen LogP contribution in [0.4, 0.5) is 5.82 Å². The van der Waals surface area contributed by atoms with Crippen LogP contribution in [-0.4, -0.2) is 47.5 Å². The number of nitrogens with one attached hydrogen (secondary N) is 1. The summed E-state index contributed by atoms with van der Waals surface area (Å²) in [5.74, 6) is 2.94. The zero-order valence-corrected chi connectivity index (χ0v) is 20.1. The Morgan fingerprint density at radius 2 is 2.00 bits per heavy atom. The molecule has 0 spiro atoms. The molecule has 3 N–H and O–H groups in total. The second kappa shape index (κ2) is 8.81. The van der Waals surface area contributed by atoms with Crippen molar-refractivity contribution in [3.63, 3.8) is 0 Å². The standard InChI is InChI=1S/C21H22N6O5S2/c1-12-4-5-14(32-12)13-8-15-16(31-11-30-15)9-17(13)33-21-26-18-19(22)24-10-25-20(18)27(21)6-3-7-34(28,29)23-2/h4-5,8-10,23H,3,6-7,11H2,1-2H3,(H2,22,24,25). The minimum atomic E-state index is -3.34. The Balaban J connectivity index is 1.57. The zero-order valence-electron chi connectivity index (χ0n) is 18.4. The molecule has 4 aromatic rings. The molecule has 0 fully saturated rings. The van der Waals surface area contributed by atoms with Crippen molar-refractivity contribution in [3.8, 4) is 22.8 Å². The van der Waals surface area contributed by atoms with E-state index < -0.39 is 10.0 Å². The number of benzene rings is 1. The number of hydrogen-bond acceptors (Lipinski definition) is 10. The lowest BCUT2D eigenvalue weighted by Gasteiger charge is -2.11. The number of anilines is 1. The first kappa shape index (κ1) is 22.5. The normalized spacial score (nSPS) is 13.1. The molecule has 34 heavy (non-hydrogen) atoms. The number of sulfonamides is 1. The van der Waals surface area contributed by atoms with Crippen molar-refractivity contribution in [1.82, 2.24) is 24.2 Å². The lowest BCUT2D eigenvalue weighted by Crippen LogP contribution is -2.22. The Labute approximate surface area is 199 Å². The molecule has 3 aromatic heterocycles. The molecule has 0 saturated heterocycles. The van der Waals surface area contributed by atoms with E-state index in [0.717, 1.165) is 16.2 Å². The van der Waals surface area contributed by atoms with Gasteiger partial charge < -0.3 is 24.2 Å². The average Bonchev–Trinajstić information content (AvgIpc) is 3.53. The molecule has 0 atom stereocenters. The Kier molecular flexibility index (Phi) is 5.83. The quantitative estimate of drug-likeness (QED) is 0.368. The number of hydrogen-bond donors (Lipinski definition) is 2. The van der Waals surface area contributed by atoms with Gasteiger partial charge in [-0.05, 0) is 44.7 Å². The Bertz CT molecular complexity index is 1480. The molecule has 4 heterocycles. The highest BCUT2D eigenvalue weighted by Gasteiger charge is 2.23. The highest BCUT2D eigenvalue weighted by molar-refractivity contribution is 7.99. The van der Waals surface area contributed by atoms with Gasteiger partial charge in [-0.3, -0.25) is 0 Å². The third-order valence-electron chi connectivity index (χ3n) is 5.31. The summed E-state index contributed by atoms with van der Waals surface area (Å²) in [5, 5.41) is 0.590. The summed E-state index contributed by atoms with van der Waals surface area (Å²) in [4.78, 5) is 13.9. The molecule has 0 bridgehead atoms. The number of fused-ring (bicyclic) bond motifs is 2. The largest absolute Gasteiger partial charge is 0.461 e. The van der Waals surface area contributed by atoms with E-state index in [-0.39, 0.29) is 18.4 Å². The highest BCUT2D eigenvalue weighted by atomic mass is 32.2. The van der Waals surface area contributed by atoms with Crippen molar-refractivity contribution in [2.45, 2.75) is 29.9 Å². The monoisotopic (exact) mass is 502 g/mol. The third-order valence-corrected chi connectivity index (χ3v) is 7.81. The molecule has 11 nitrogen and oxygen atoms in total. The number of aromatic nitrogens is 4. The van der Waals surface area contributed by atoms with Gasteiger partial charge in [0.05, 0.1) is 5.75 Å². The fourth-order valence-electron chi connectivity index (χ4n) is 3.61. The molecular formula is C21H22N6O5S2. The number of rotatable bonds is 8. The van der Waals surface area contributed by atoms with E-state index in [0.29, 0.717) is 46.5 Å². The Morgan fingerprint density at radius 1 is 1.21 bits per heavy atom. The van der Waals surface area contributed by atoms with Crippen LogP contribution >= 0.6 is 11.8 Å². The van der Waals surface area contributed by atoms with Crippen molar-refractivity contribution in [3.05, 3.63) is 36.4 Å². The van der Waals surface area contributed by atoms with E-state index in [1.165, 1.54) is 25.1 Å². The van der Waals surface area contributed by atoms with E-state index in [2.05, 4.69) is 19.7 Å². The van der Waals surface area contributed by atoms with Gasteiger partial charge in [-0.1, -0.05) is 11.8 Å². The molecule has 13 heteroatoms. The van der Waals surface area contributed by atoms with Crippen LogP contribution in [-0.2, 0) is 16.6 Å². The molecular weight excluding hydrogens is 480 g/mol. The van der Waals surface area contributed by atoms with Crippen LogP contribution < -0.4 is 19.9 Å². The topological polar surface area (TPSA) is 147 Å². The number of nitrogens with two attached hydrogens (primary N) is 1. The number of imidazole rings is 1. The second-order valence-electron chi connectivity index (χ2n) is 7.57. The van der Waals surface area contributed by atoms with Gasteiger partial charge in [-0.15, -0.1) is 0 Å². The summed E-state index contributed by atoms with van der Waals surface area (Å²) in [6.07, 6.45) is 1.73. The summed E-state index contributed by atoms with van der Waals surface area (Å²) in [7, 11) is -1.95. The molecule has 5 rings (SSSR count). The molecule has 178 valence electrons. The molecule has 0 unspecified atom stereocenters. The van der Waals surface area contributed by atoms with Crippen LogP contribution in [0.3, 0.4) is 0 Å². The smallest absolute Gasteiger partial charge is 0.231 e. The number of aryl methyl sites for hydroxylation is 2. The SMILES string of the molecule is CNS(=O)(=O)CCCn1c(Sc2cc3c(cc2-c2ccc(C)o2)OCO3)nc2c(N)ncnc21. The molecule has 1 aliphatic rings. The Morgan fingerprint density at radius 3 is 2.74 bits per heavy atom. The molecule has 1 aliphatic heterocycles. The fraction of sp³-hybridized carbons (Fsp3) is 0.286. The summed E-state index contributed by atoms with van der Waals surface area (Å²) in [5.41, 5.74) is 7.86. The fourth-order valence-corrected chi connectivity index (χ4v) is 5.38. The van der Waals surface area contributed by atoms with Crippen molar-refractivity contribution in [2.75, 3.05) is 25.3 Å². The first-order valence-corrected chi connectivity index (χ1v) is 12.9. The van der Waals surface area contributed by atoms with Crippen LogP contribution in [0, 0.1) is 6.92 Å². The Hall–Kier alpha value is -3.29. The summed E-state index contributed by atoms with van der Waals surface area (Å²) >= 11 is 1.38. The lowest BCUT2D eigenvalue weighted by molar-refractivity contribution is 0.174. The lowest BCUT2D eigenvalue weighted by atomic mass is 10.1. The van der Waals surface area contributed by atoms with Gasteiger partial charge in [-0.2, -0.15) is 0 Å². The van der Waals surface area contributed by atoms with E-state index >= 15 is 0 Å². The summed E-state index contributed by atoms with van der Waals surface area (Å²) in [6.45, 7) is 2.39. The van der Waals surface area contributed by atoms with Crippen LogP contribution in [0.15, 0.2) is 45.1 Å². The van der Waals surface area contributed by atoms with Gasteiger partial charge >= 0.3 is 0 Å². The third kappa shape index (κ3) is 4.29. The van der Waals surface area contributed by atoms with Crippen LogP contribution in [0.1, 0.15) is 12.2 Å². The maximum absolute atomic E-state index is 11.9. The first-order valence-electron chi connectivity index (χ1n) is 10.4. The second-order valence-corrected chi connectivity index (χ2v) is 10.6. The van der Waals surface area contributed by atoms with Crippen LogP contribution in [0.5, 0.6) is 11.5 Å². The van der Waals surface area contributed by atoms with Crippen molar-refractivity contribution in [1.29, 1.82) is 0 Å². The van der Waals surface area contributed by atoms with Gasteiger partial charge in [0, 0.05) is 17.0 Å². The number of furan rings is 1. The minimum absolute atomic E-state index is 0.0329. The first-order chi connectivity index (χ1) is 16.3. The molecule has 0 radical (unpaired) electrons. The van der Waals surface area contributed by atoms with Gasteiger partial charge in [0.1, 0.15) is 17.8 Å². The maximum Gasteiger partial charge on any atom is 0.231 e. The van der Waals surface area contributed by atoms with Gasteiger partial charge in [0.25, 0.3) is 0 Å². The highest BCUT2D eigenvalue weighted by Crippen LogP contribution is 2.45. The van der Waals surface area contributed by atoms with Crippen molar-refractivity contribution < 1.29 is 22.3 Å². The van der Waals surface area contributed by atoms with E-state index in [9.17, 15) is 8.42 Å². The number of nitrogens with zero attached hydrogens (tertiary/aromatic N) is 4. The zero-order chi connectivity index (χ0) is 23.9. The van der Waals surface area contributed by atoms with E-state index in [1.807, 2.05) is 35.8 Å². The van der Waals surface area contributed by atoms with Gasteiger partial charge in [0.15, 0.2) is 33.6 Å². The predicted octanol–water partition coefficient (Wildman–Crippen LogP) is 2.80. The summed E-state index contributed by atoms with van der Waals surface area (Å²) < 4.78 is 45.0. The molecule has 0 aliphatic carbocycles. The van der Waals surface area contributed by atoms with Gasteiger partial charge in [0.2, 0.25) is 16.8 Å². The molecule has 1 aromatic carbocycles. The van der Waals surface area contributed by atoms with Crippen LogP contribution in [0.25, 0.3) is 22.5 Å². The van der Waals surface area contributed by atoms with E-state index in [4.69, 9.17) is 19.6 Å². The predicted molar refractivity (Wildman–Crippen MR) is 126 cm³/mol. The minimum Gasteiger partial charge on any atom is -0.461 e. The molecule has 0 amide bonds. The maximum atomic E-state index is 11.9. The number of ether oxygens (including phenoxy) is 2. The van der Waals surface area contributed by atoms with Gasteiger partial charge in [-0.25, -0.2) is 28.1 Å². The number of nitrogen functional groups attached to an aromatic ring is 1. The summed E-state index contributed by atoms with van der Waals surface area (Å²) in [6, 6.07) is 7.54. The molecule has 0 saturated carbocycles. The van der Waals surface area contributed by atoms with Crippen molar-refractivity contribution in [2.24, 2.45) is 0 Å². The van der Waals surface area contributed by atoms with Crippen LogP contribution in [0.2, 0.25) is 0 Å². The van der Waals surface area contributed by atoms with Crippen molar-refractivity contribution >= 4 is 38.8 Å².